The number of nitrogens with one attached hydrogen (secondary N) is 2. The van der Waals surface area contributed by atoms with Gasteiger partial charge in [0.05, 0.1) is 11.4 Å². The first-order chi connectivity index (χ1) is 9.93. The van der Waals surface area contributed by atoms with Crippen molar-refractivity contribution < 1.29 is 14.4 Å². The van der Waals surface area contributed by atoms with Crippen molar-refractivity contribution >= 4 is 29.2 Å². The van der Waals surface area contributed by atoms with Gasteiger partial charge in [-0.2, -0.15) is 0 Å². The SMILES string of the molecule is CC(C)c1ccsc1C(=O)N1CC[C@@]2(C1)NC(=O)NC2=O. The fourth-order valence-electron chi connectivity index (χ4n) is 2.89. The van der Waals surface area contributed by atoms with Gasteiger partial charge in [0, 0.05) is 6.54 Å². The maximum atomic E-state index is 12.7. The minimum Gasteiger partial charge on any atom is -0.335 e. The minimum absolute atomic E-state index is 0.0560. The van der Waals surface area contributed by atoms with Crippen molar-refractivity contribution in [1.29, 1.82) is 0 Å². The Hall–Kier alpha value is -1.89. The number of thiophene rings is 1. The van der Waals surface area contributed by atoms with Crippen molar-refractivity contribution in [3.8, 4) is 0 Å². The van der Waals surface area contributed by atoms with Gasteiger partial charge in [0.15, 0.2) is 0 Å². The van der Waals surface area contributed by atoms with Crippen LogP contribution in [0.1, 0.15) is 41.4 Å². The van der Waals surface area contributed by atoms with Gasteiger partial charge in [-0.1, -0.05) is 13.8 Å². The Labute approximate surface area is 126 Å². The largest absolute Gasteiger partial charge is 0.335 e. The summed E-state index contributed by atoms with van der Waals surface area (Å²) in [4.78, 5) is 38.3. The second-order valence-corrected chi connectivity index (χ2v) is 6.74. The Morgan fingerprint density at radius 1 is 1.43 bits per heavy atom. The quantitative estimate of drug-likeness (QED) is 0.808. The molecule has 3 rings (SSSR count). The number of likely N-dealkylation sites (tertiary alicyclic amines) is 1. The lowest BCUT2D eigenvalue weighted by atomic mass is 9.99. The van der Waals surface area contributed by atoms with E-state index in [1.807, 2.05) is 11.4 Å². The fraction of sp³-hybridized carbons (Fsp3) is 0.500. The molecule has 0 bridgehead atoms. The monoisotopic (exact) mass is 307 g/mol. The molecular weight excluding hydrogens is 290 g/mol. The number of amides is 4. The second kappa shape index (κ2) is 4.84. The molecule has 1 spiro atoms. The third-order valence-electron chi connectivity index (χ3n) is 4.08. The van der Waals surface area contributed by atoms with Gasteiger partial charge in [-0.05, 0) is 29.3 Å². The zero-order chi connectivity index (χ0) is 15.2. The van der Waals surface area contributed by atoms with Crippen molar-refractivity contribution in [1.82, 2.24) is 15.5 Å². The van der Waals surface area contributed by atoms with Crippen LogP contribution in [0.5, 0.6) is 0 Å². The van der Waals surface area contributed by atoms with Gasteiger partial charge in [-0.3, -0.25) is 14.9 Å². The van der Waals surface area contributed by atoms with Gasteiger partial charge in [0.1, 0.15) is 5.54 Å². The summed E-state index contributed by atoms with van der Waals surface area (Å²) in [6.07, 6.45) is 0.457. The molecule has 2 saturated heterocycles. The minimum atomic E-state index is -0.942. The first-order valence-electron chi connectivity index (χ1n) is 6.93. The van der Waals surface area contributed by atoms with E-state index in [9.17, 15) is 14.4 Å². The normalized spacial score (nSPS) is 24.8. The molecule has 2 aliphatic rings. The predicted molar refractivity (Wildman–Crippen MR) is 78.3 cm³/mol. The molecule has 2 aliphatic heterocycles. The van der Waals surface area contributed by atoms with E-state index in [0.29, 0.717) is 13.0 Å². The smallest absolute Gasteiger partial charge is 0.322 e. The first-order valence-corrected chi connectivity index (χ1v) is 7.81. The predicted octanol–water partition coefficient (Wildman–Crippen LogP) is 1.30. The van der Waals surface area contributed by atoms with Crippen LogP contribution in [0, 0.1) is 0 Å². The molecule has 0 radical (unpaired) electrons. The molecule has 2 N–H and O–H groups in total. The van der Waals surface area contributed by atoms with Crippen molar-refractivity contribution in [2.75, 3.05) is 13.1 Å². The second-order valence-electron chi connectivity index (χ2n) is 5.83. The summed E-state index contributed by atoms with van der Waals surface area (Å²) in [5, 5.41) is 6.82. The summed E-state index contributed by atoms with van der Waals surface area (Å²) < 4.78 is 0. The number of urea groups is 1. The van der Waals surface area contributed by atoms with Crippen LogP contribution in [0.25, 0.3) is 0 Å². The first kappa shape index (κ1) is 14.1. The van der Waals surface area contributed by atoms with Crippen molar-refractivity contribution in [3.63, 3.8) is 0 Å². The van der Waals surface area contributed by atoms with Crippen LogP contribution in [-0.4, -0.2) is 41.4 Å². The average molecular weight is 307 g/mol. The van der Waals surface area contributed by atoms with Crippen LogP contribution in [0.15, 0.2) is 11.4 Å². The van der Waals surface area contributed by atoms with E-state index < -0.39 is 11.6 Å². The number of hydrogen-bond acceptors (Lipinski definition) is 4. The van der Waals surface area contributed by atoms with Crippen LogP contribution in [0.4, 0.5) is 4.79 Å². The highest BCUT2D eigenvalue weighted by atomic mass is 32.1. The summed E-state index contributed by atoms with van der Waals surface area (Å²) >= 11 is 1.43. The summed E-state index contributed by atoms with van der Waals surface area (Å²) in [5.74, 6) is -0.112. The van der Waals surface area contributed by atoms with E-state index in [2.05, 4.69) is 24.5 Å². The number of carbonyl (C=O) groups excluding carboxylic acids is 3. The number of imide groups is 1. The van der Waals surface area contributed by atoms with Crippen LogP contribution in [0.3, 0.4) is 0 Å². The molecule has 0 unspecified atom stereocenters. The summed E-state index contributed by atoms with van der Waals surface area (Å²) in [7, 11) is 0. The molecule has 7 heteroatoms. The van der Waals surface area contributed by atoms with E-state index in [4.69, 9.17) is 0 Å². The summed E-state index contributed by atoms with van der Waals surface area (Å²) in [6.45, 7) is 4.81. The third-order valence-corrected chi connectivity index (χ3v) is 5.00. The summed E-state index contributed by atoms with van der Waals surface area (Å²) in [5.41, 5.74) is 0.0907. The Kier molecular flexibility index (Phi) is 3.24. The molecule has 1 aromatic heterocycles. The Balaban J connectivity index is 1.80. The van der Waals surface area contributed by atoms with Gasteiger partial charge in [0.25, 0.3) is 11.8 Å². The molecular formula is C14H17N3O3S. The van der Waals surface area contributed by atoms with Crippen LogP contribution >= 0.6 is 11.3 Å². The number of hydrogen-bond donors (Lipinski definition) is 2. The highest BCUT2D eigenvalue weighted by molar-refractivity contribution is 7.12. The maximum absolute atomic E-state index is 12.7. The van der Waals surface area contributed by atoms with Crippen molar-refractivity contribution in [3.05, 3.63) is 21.9 Å². The van der Waals surface area contributed by atoms with Gasteiger partial charge in [-0.25, -0.2) is 4.79 Å². The van der Waals surface area contributed by atoms with E-state index in [-0.39, 0.29) is 24.3 Å². The molecule has 1 aromatic rings. The lowest BCUT2D eigenvalue weighted by molar-refractivity contribution is -0.123. The Morgan fingerprint density at radius 3 is 2.81 bits per heavy atom. The molecule has 0 aliphatic carbocycles. The molecule has 21 heavy (non-hydrogen) atoms. The fourth-order valence-corrected chi connectivity index (χ4v) is 3.91. The van der Waals surface area contributed by atoms with Gasteiger partial charge >= 0.3 is 6.03 Å². The Bertz CT molecular complexity index is 625. The highest BCUT2D eigenvalue weighted by Crippen LogP contribution is 2.30. The lowest BCUT2D eigenvalue weighted by Gasteiger charge is -2.21. The van der Waals surface area contributed by atoms with Crippen LogP contribution in [0.2, 0.25) is 0 Å². The lowest BCUT2D eigenvalue weighted by Crippen LogP contribution is -2.49. The molecule has 6 nitrogen and oxygen atoms in total. The zero-order valence-corrected chi connectivity index (χ0v) is 12.8. The number of rotatable bonds is 2. The number of nitrogens with zero attached hydrogens (tertiary/aromatic N) is 1. The maximum Gasteiger partial charge on any atom is 0.322 e. The van der Waals surface area contributed by atoms with E-state index in [0.717, 1.165) is 10.4 Å². The standard InChI is InChI=1S/C14H17N3O3S/c1-8(2)9-3-6-21-10(9)11(18)17-5-4-14(7-17)12(19)15-13(20)16-14/h3,6,8H,4-5,7H2,1-2H3,(H2,15,16,19,20)/t14-/m0/s1. The molecule has 112 valence electrons. The zero-order valence-electron chi connectivity index (χ0n) is 11.9. The van der Waals surface area contributed by atoms with Gasteiger partial charge < -0.3 is 10.2 Å². The van der Waals surface area contributed by atoms with E-state index in [1.165, 1.54) is 11.3 Å². The molecule has 4 amide bonds. The van der Waals surface area contributed by atoms with Gasteiger partial charge in [0.2, 0.25) is 0 Å². The topological polar surface area (TPSA) is 78.5 Å². The van der Waals surface area contributed by atoms with Crippen LogP contribution in [-0.2, 0) is 4.79 Å². The summed E-state index contributed by atoms with van der Waals surface area (Å²) in [6, 6.07) is 1.49. The molecule has 2 fully saturated rings. The van der Waals surface area contributed by atoms with E-state index >= 15 is 0 Å². The number of carbonyl (C=O) groups is 3. The van der Waals surface area contributed by atoms with Crippen molar-refractivity contribution in [2.45, 2.75) is 31.7 Å². The van der Waals surface area contributed by atoms with Crippen LogP contribution < -0.4 is 10.6 Å². The molecule has 0 saturated carbocycles. The molecule has 0 aromatic carbocycles. The third kappa shape index (κ3) is 2.21. The Morgan fingerprint density at radius 2 is 2.19 bits per heavy atom. The average Bonchev–Trinajstić information content (AvgIpc) is 3.10. The highest BCUT2D eigenvalue weighted by Gasteiger charge is 2.51. The van der Waals surface area contributed by atoms with Gasteiger partial charge in [-0.15, -0.1) is 11.3 Å². The van der Waals surface area contributed by atoms with E-state index in [1.54, 1.807) is 4.90 Å². The molecule has 1 atom stereocenters. The molecule has 3 heterocycles. The van der Waals surface area contributed by atoms with Crippen molar-refractivity contribution in [2.24, 2.45) is 0 Å².